The molecule has 138 valence electrons. The summed E-state index contributed by atoms with van der Waals surface area (Å²) in [4.78, 5) is 13.5. The predicted molar refractivity (Wildman–Crippen MR) is 88.2 cm³/mol. The van der Waals surface area contributed by atoms with E-state index in [1.54, 1.807) is 0 Å². The smallest absolute Gasteiger partial charge is 0.334 e. The maximum Gasteiger partial charge on any atom is 0.334 e. The number of nitrogens with zero attached hydrogens (tertiary/aromatic N) is 1. The van der Waals surface area contributed by atoms with Gasteiger partial charge in [0, 0.05) is 12.1 Å². The third kappa shape index (κ3) is 4.19. The molecule has 0 aliphatic carbocycles. The number of morpholine rings is 1. The lowest BCUT2D eigenvalue weighted by Crippen LogP contribution is -2.62. The van der Waals surface area contributed by atoms with Gasteiger partial charge in [-0.05, 0) is 24.3 Å². The van der Waals surface area contributed by atoms with Crippen LogP contribution in [0.1, 0.15) is 18.4 Å². The van der Waals surface area contributed by atoms with Gasteiger partial charge in [-0.3, -0.25) is 0 Å². The van der Waals surface area contributed by atoms with Crippen LogP contribution in [0.5, 0.6) is 0 Å². The van der Waals surface area contributed by atoms with Gasteiger partial charge in [0.25, 0.3) is 0 Å². The van der Waals surface area contributed by atoms with Crippen molar-refractivity contribution in [2.75, 3.05) is 20.3 Å². The fourth-order valence-electron chi connectivity index (χ4n) is 3.75. The summed E-state index contributed by atoms with van der Waals surface area (Å²) in [5.74, 6) is -0.817. The third-order valence-corrected chi connectivity index (χ3v) is 5.00. The molecule has 0 radical (unpaired) electrons. The molecule has 0 aromatic heterocycles. The van der Waals surface area contributed by atoms with Crippen LogP contribution in [0.2, 0.25) is 0 Å². The maximum absolute atomic E-state index is 11.6. The molecular formula is C18H25NO6. The van der Waals surface area contributed by atoms with Crippen LogP contribution in [0, 0.1) is 5.92 Å². The molecule has 2 aliphatic heterocycles. The van der Waals surface area contributed by atoms with Gasteiger partial charge in [0.05, 0.1) is 26.9 Å². The summed E-state index contributed by atoms with van der Waals surface area (Å²) in [6.07, 6.45) is -1.11. The van der Waals surface area contributed by atoms with Gasteiger partial charge in [-0.15, -0.1) is 0 Å². The Bertz CT molecular complexity index is 554. The summed E-state index contributed by atoms with van der Waals surface area (Å²) in [6.45, 7) is 1.19. The average Bonchev–Trinajstić information content (AvgIpc) is 2.64. The predicted octanol–water partition coefficient (Wildman–Crippen LogP) is 0.492. The van der Waals surface area contributed by atoms with Crippen molar-refractivity contribution >= 4 is 5.97 Å². The first-order chi connectivity index (χ1) is 12.1. The quantitative estimate of drug-likeness (QED) is 0.570. The zero-order chi connectivity index (χ0) is 17.8. The van der Waals surface area contributed by atoms with E-state index in [0.29, 0.717) is 32.7 Å². The highest BCUT2D eigenvalue weighted by molar-refractivity contribution is 5.74. The van der Waals surface area contributed by atoms with Crippen LogP contribution >= 0.6 is 0 Å². The number of ether oxygens (including phenoxy) is 3. The first-order valence-electron chi connectivity index (χ1n) is 8.54. The molecule has 2 saturated heterocycles. The Labute approximate surface area is 147 Å². The lowest BCUT2D eigenvalue weighted by molar-refractivity contribution is -0.263. The van der Waals surface area contributed by atoms with E-state index in [-0.39, 0.29) is 18.0 Å². The van der Waals surface area contributed by atoms with Crippen molar-refractivity contribution in [2.45, 2.75) is 44.1 Å². The van der Waals surface area contributed by atoms with Crippen molar-refractivity contribution in [1.82, 2.24) is 4.90 Å². The summed E-state index contributed by atoms with van der Waals surface area (Å²) >= 11 is 0. The fourth-order valence-corrected chi connectivity index (χ4v) is 3.75. The number of carbonyl (C=O) groups excluding carboxylic acids is 1. The van der Waals surface area contributed by atoms with Gasteiger partial charge in [-0.25, -0.2) is 9.69 Å². The van der Waals surface area contributed by atoms with Crippen molar-refractivity contribution in [3.05, 3.63) is 35.9 Å². The van der Waals surface area contributed by atoms with Crippen LogP contribution in [-0.4, -0.2) is 66.0 Å². The molecule has 25 heavy (non-hydrogen) atoms. The van der Waals surface area contributed by atoms with Crippen LogP contribution in [0.3, 0.4) is 0 Å². The minimum absolute atomic E-state index is 0.109. The molecule has 4 atom stereocenters. The van der Waals surface area contributed by atoms with Gasteiger partial charge in [-0.2, -0.15) is 0 Å². The number of methoxy groups -OCH3 is 1. The maximum atomic E-state index is 11.6. The molecule has 4 unspecified atom stereocenters. The van der Waals surface area contributed by atoms with E-state index in [1.165, 1.54) is 7.11 Å². The Hall–Kier alpha value is -1.51. The first kappa shape index (κ1) is 18.3. The van der Waals surface area contributed by atoms with Gasteiger partial charge >= 0.3 is 5.97 Å². The number of hydrogen-bond donors (Lipinski definition) is 2. The number of rotatable bonds is 6. The molecule has 1 aromatic rings. The molecule has 0 saturated carbocycles. The number of fused-ring (bicyclic) bond motifs is 2. The fraction of sp³-hybridized carbons (Fsp3) is 0.611. The van der Waals surface area contributed by atoms with Crippen LogP contribution in [0.15, 0.2) is 30.3 Å². The van der Waals surface area contributed by atoms with Crippen LogP contribution in [0.4, 0.5) is 0 Å². The molecule has 2 N–H and O–H groups in total. The van der Waals surface area contributed by atoms with E-state index >= 15 is 0 Å². The Morgan fingerprint density at radius 2 is 1.88 bits per heavy atom. The minimum atomic E-state index is -1.14. The number of hydrogen-bond acceptors (Lipinski definition) is 7. The number of piperidine rings is 1. The zero-order valence-electron chi connectivity index (χ0n) is 14.3. The van der Waals surface area contributed by atoms with E-state index < -0.39 is 18.5 Å². The van der Waals surface area contributed by atoms with Crippen molar-refractivity contribution in [3.63, 3.8) is 0 Å². The van der Waals surface area contributed by atoms with Crippen molar-refractivity contribution in [3.8, 4) is 0 Å². The SMILES string of the molecule is COC(=O)C(O)C1CC2COCC(C1)N2C(O)OCc1ccccc1. The van der Waals surface area contributed by atoms with Crippen LogP contribution in [-0.2, 0) is 25.6 Å². The topological polar surface area (TPSA) is 88.5 Å². The van der Waals surface area contributed by atoms with Gasteiger partial charge in [0.1, 0.15) is 0 Å². The summed E-state index contributed by atoms with van der Waals surface area (Å²) in [5.41, 5.74) is 0.985. The number of benzene rings is 1. The Kier molecular flexibility index (Phi) is 6.03. The highest BCUT2D eigenvalue weighted by Gasteiger charge is 2.45. The first-order valence-corrected chi connectivity index (χ1v) is 8.54. The lowest BCUT2D eigenvalue weighted by atomic mass is 9.82. The van der Waals surface area contributed by atoms with Crippen molar-refractivity contribution in [2.24, 2.45) is 5.92 Å². The normalized spacial score (nSPS) is 29.0. The van der Waals surface area contributed by atoms with E-state index in [1.807, 2.05) is 35.2 Å². The molecule has 2 heterocycles. The third-order valence-electron chi connectivity index (χ3n) is 5.00. The minimum Gasteiger partial charge on any atom is -0.467 e. The molecule has 2 fully saturated rings. The molecule has 7 heteroatoms. The van der Waals surface area contributed by atoms with Gasteiger partial charge < -0.3 is 24.4 Å². The van der Waals surface area contributed by atoms with Crippen molar-refractivity contribution in [1.29, 1.82) is 0 Å². The van der Waals surface area contributed by atoms with Gasteiger partial charge in [0.15, 0.2) is 6.10 Å². The summed E-state index contributed by atoms with van der Waals surface area (Å²) < 4.78 is 15.9. The lowest BCUT2D eigenvalue weighted by Gasteiger charge is -2.50. The Morgan fingerprint density at radius 1 is 1.24 bits per heavy atom. The van der Waals surface area contributed by atoms with Gasteiger partial charge in [-0.1, -0.05) is 30.3 Å². The zero-order valence-corrected chi connectivity index (χ0v) is 14.3. The molecule has 0 spiro atoms. The van der Waals surface area contributed by atoms with E-state index in [4.69, 9.17) is 9.47 Å². The largest absolute Gasteiger partial charge is 0.467 e. The Morgan fingerprint density at radius 3 is 2.48 bits per heavy atom. The summed E-state index contributed by atoms with van der Waals surface area (Å²) in [5, 5.41) is 20.7. The second-order valence-electron chi connectivity index (χ2n) is 6.61. The Balaban J connectivity index is 1.61. The highest BCUT2D eigenvalue weighted by atomic mass is 16.6. The monoisotopic (exact) mass is 351 g/mol. The second kappa shape index (κ2) is 8.25. The molecule has 0 amide bonds. The van der Waals surface area contributed by atoms with E-state index in [9.17, 15) is 15.0 Å². The molecule has 2 bridgehead atoms. The van der Waals surface area contributed by atoms with Crippen molar-refractivity contribution < 1.29 is 29.2 Å². The van der Waals surface area contributed by atoms with E-state index in [0.717, 1.165) is 5.56 Å². The standard InChI is InChI=1S/C18H25NO6/c1-23-17(21)16(20)13-7-14-10-24-11-15(8-13)19(14)18(22)25-9-12-5-3-2-4-6-12/h2-6,13-16,18,20,22H,7-11H2,1H3. The number of carbonyl (C=O) groups is 1. The summed E-state index contributed by atoms with van der Waals surface area (Å²) in [6, 6.07) is 9.44. The number of aliphatic hydroxyl groups is 2. The highest BCUT2D eigenvalue weighted by Crippen LogP contribution is 2.35. The van der Waals surface area contributed by atoms with Crippen LogP contribution < -0.4 is 0 Å². The second-order valence-corrected chi connectivity index (χ2v) is 6.61. The number of esters is 1. The van der Waals surface area contributed by atoms with E-state index in [2.05, 4.69) is 4.74 Å². The molecule has 3 rings (SSSR count). The van der Waals surface area contributed by atoms with Crippen LogP contribution in [0.25, 0.3) is 0 Å². The molecule has 2 aliphatic rings. The summed E-state index contributed by atoms with van der Waals surface area (Å²) in [7, 11) is 1.27. The molecular weight excluding hydrogens is 326 g/mol. The number of aliphatic hydroxyl groups excluding tert-OH is 2. The molecule has 7 nitrogen and oxygen atoms in total. The average molecular weight is 351 g/mol. The molecule has 1 aromatic carbocycles. The van der Waals surface area contributed by atoms with Gasteiger partial charge in [0.2, 0.25) is 6.41 Å².